The first-order chi connectivity index (χ1) is 29.0. The smallest absolute Gasteiger partial charge is 0.160 e. The molecule has 1 aromatic heterocycles. The van der Waals surface area contributed by atoms with E-state index in [1.54, 1.807) is 0 Å². The number of hydrogen-bond donors (Lipinski definition) is 0. The molecule has 10 aromatic rings. The maximum atomic E-state index is 5.26. The van der Waals surface area contributed by atoms with Crippen LogP contribution in [0.15, 0.2) is 206 Å². The Bertz CT molecular complexity index is 3230. The normalized spacial score (nSPS) is 12.7. The number of rotatable bonds is 6. The molecule has 0 bridgehead atoms. The average Bonchev–Trinajstić information content (AvgIpc) is 3.54. The van der Waals surface area contributed by atoms with Crippen LogP contribution in [0.1, 0.15) is 25.0 Å². The molecule has 0 spiro atoms. The van der Waals surface area contributed by atoms with Crippen LogP contribution in [0.4, 0.5) is 0 Å². The minimum atomic E-state index is -0.0754. The Hall–Kier alpha value is -7.42. The molecule has 0 saturated carbocycles. The SMILES string of the molecule is CC1(C)c2ccccc2-c2cccc(-c3ccc(-c4ccc(-c5cc(-c6cccc(-c7cccc8ccccc78)c6)nc(-c6ccccc6)n5)c5ccccc45)cc3)c21. The molecular weight excluding hydrogens is 713 g/mol. The van der Waals surface area contributed by atoms with Crippen molar-refractivity contribution in [1.82, 2.24) is 9.97 Å². The van der Waals surface area contributed by atoms with Gasteiger partial charge in [-0.2, -0.15) is 0 Å². The zero-order valence-electron chi connectivity index (χ0n) is 33.0. The Kier molecular flexibility index (Phi) is 8.20. The average molecular weight is 753 g/mol. The van der Waals surface area contributed by atoms with E-state index in [4.69, 9.17) is 9.97 Å². The maximum absolute atomic E-state index is 5.26. The molecule has 0 unspecified atom stereocenters. The van der Waals surface area contributed by atoms with E-state index in [0.717, 1.165) is 39.0 Å². The van der Waals surface area contributed by atoms with E-state index in [2.05, 4.69) is 202 Å². The summed E-state index contributed by atoms with van der Waals surface area (Å²) in [4.78, 5) is 10.5. The fourth-order valence-electron chi connectivity index (χ4n) is 9.46. The molecule has 0 atom stereocenters. The number of benzene rings is 9. The van der Waals surface area contributed by atoms with Gasteiger partial charge >= 0.3 is 0 Å². The molecule has 11 rings (SSSR count). The standard InChI is InChI=1S/C57H40N2/c1-57(2)52-28-11-10-24-49(52)51-27-14-26-46(55(51)57)39-31-29-38(30-32-39)45-33-34-50(48-23-9-8-22-47(45)48)54-36-53(58-56(59-54)40-16-4-3-5-17-40)42-20-12-19-41(35-42)44-25-13-18-37-15-6-7-21-43(37)44/h3-36H,1-2H3. The van der Waals surface area contributed by atoms with Gasteiger partial charge in [-0.3, -0.25) is 0 Å². The van der Waals surface area contributed by atoms with Crippen molar-refractivity contribution in [2.24, 2.45) is 0 Å². The van der Waals surface area contributed by atoms with Gasteiger partial charge in [0.15, 0.2) is 5.82 Å². The fourth-order valence-corrected chi connectivity index (χ4v) is 9.46. The van der Waals surface area contributed by atoms with Crippen LogP contribution in [-0.2, 0) is 5.41 Å². The van der Waals surface area contributed by atoms with Crippen molar-refractivity contribution in [2.45, 2.75) is 19.3 Å². The minimum absolute atomic E-state index is 0.0754. The lowest BCUT2D eigenvalue weighted by Gasteiger charge is -2.24. The predicted octanol–water partition coefficient (Wildman–Crippen LogP) is 15.1. The number of aromatic nitrogens is 2. The summed E-state index contributed by atoms with van der Waals surface area (Å²) in [7, 11) is 0. The lowest BCUT2D eigenvalue weighted by atomic mass is 9.79. The van der Waals surface area contributed by atoms with Gasteiger partial charge in [0.05, 0.1) is 11.4 Å². The van der Waals surface area contributed by atoms with E-state index in [0.29, 0.717) is 5.82 Å². The van der Waals surface area contributed by atoms with Crippen LogP contribution in [0, 0.1) is 0 Å². The molecule has 0 saturated heterocycles. The van der Waals surface area contributed by atoms with Crippen LogP contribution in [0.3, 0.4) is 0 Å². The summed E-state index contributed by atoms with van der Waals surface area (Å²) in [6, 6.07) is 74.3. The van der Waals surface area contributed by atoms with E-state index in [1.807, 2.05) is 18.2 Å². The molecule has 0 fully saturated rings. The molecule has 0 aliphatic heterocycles. The Labute approximate surface area is 345 Å². The second-order valence-electron chi connectivity index (χ2n) is 16.1. The van der Waals surface area contributed by atoms with Crippen molar-refractivity contribution in [3.8, 4) is 78.4 Å². The summed E-state index contributed by atoms with van der Waals surface area (Å²) in [5.74, 6) is 0.705. The van der Waals surface area contributed by atoms with E-state index in [9.17, 15) is 0 Å². The molecule has 2 nitrogen and oxygen atoms in total. The number of hydrogen-bond acceptors (Lipinski definition) is 2. The fraction of sp³-hybridized carbons (Fsp3) is 0.0526. The first kappa shape index (κ1) is 34.8. The molecule has 1 aliphatic rings. The van der Waals surface area contributed by atoms with Crippen LogP contribution in [-0.4, -0.2) is 9.97 Å². The Morgan fingerprint density at radius 1 is 0.322 bits per heavy atom. The molecule has 0 radical (unpaired) electrons. The zero-order chi connectivity index (χ0) is 39.5. The van der Waals surface area contributed by atoms with Gasteiger partial charge in [-0.25, -0.2) is 9.97 Å². The van der Waals surface area contributed by atoms with Gasteiger partial charge in [0.2, 0.25) is 0 Å². The quantitative estimate of drug-likeness (QED) is 0.169. The number of nitrogens with zero attached hydrogens (tertiary/aromatic N) is 2. The maximum Gasteiger partial charge on any atom is 0.160 e. The van der Waals surface area contributed by atoms with Crippen molar-refractivity contribution in [2.75, 3.05) is 0 Å². The minimum Gasteiger partial charge on any atom is -0.228 e. The first-order valence-corrected chi connectivity index (χ1v) is 20.4. The van der Waals surface area contributed by atoms with Gasteiger partial charge in [0.25, 0.3) is 0 Å². The van der Waals surface area contributed by atoms with Crippen LogP contribution in [0.25, 0.3) is 100.0 Å². The van der Waals surface area contributed by atoms with E-state index >= 15 is 0 Å². The highest BCUT2D eigenvalue weighted by Crippen LogP contribution is 2.52. The zero-order valence-corrected chi connectivity index (χ0v) is 33.0. The van der Waals surface area contributed by atoms with Crippen LogP contribution in [0.2, 0.25) is 0 Å². The number of fused-ring (bicyclic) bond motifs is 5. The molecule has 59 heavy (non-hydrogen) atoms. The van der Waals surface area contributed by atoms with Crippen molar-refractivity contribution >= 4 is 21.5 Å². The van der Waals surface area contributed by atoms with Crippen molar-refractivity contribution in [1.29, 1.82) is 0 Å². The van der Waals surface area contributed by atoms with Crippen molar-refractivity contribution < 1.29 is 0 Å². The highest BCUT2D eigenvalue weighted by atomic mass is 14.9. The summed E-state index contributed by atoms with van der Waals surface area (Å²) in [5.41, 5.74) is 17.6. The second-order valence-corrected chi connectivity index (χ2v) is 16.1. The van der Waals surface area contributed by atoms with Gasteiger partial charge < -0.3 is 0 Å². The largest absolute Gasteiger partial charge is 0.228 e. The second kappa shape index (κ2) is 13.9. The first-order valence-electron chi connectivity index (χ1n) is 20.4. The molecule has 0 amide bonds. The molecule has 9 aromatic carbocycles. The van der Waals surface area contributed by atoms with Crippen LogP contribution >= 0.6 is 0 Å². The summed E-state index contributed by atoms with van der Waals surface area (Å²) in [6.45, 7) is 4.71. The lowest BCUT2D eigenvalue weighted by Crippen LogP contribution is -2.16. The van der Waals surface area contributed by atoms with Crippen molar-refractivity contribution in [3.63, 3.8) is 0 Å². The van der Waals surface area contributed by atoms with Gasteiger partial charge in [-0.1, -0.05) is 208 Å². The summed E-state index contributed by atoms with van der Waals surface area (Å²) in [5, 5.41) is 4.81. The predicted molar refractivity (Wildman–Crippen MR) is 247 cm³/mol. The van der Waals surface area contributed by atoms with E-state index < -0.39 is 0 Å². The summed E-state index contributed by atoms with van der Waals surface area (Å²) in [6.07, 6.45) is 0. The third-order valence-electron chi connectivity index (χ3n) is 12.3. The van der Waals surface area contributed by atoms with Gasteiger partial charge in [-0.05, 0) is 89.3 Å². The third-order valence-corrected chi connectivity index (χ3v) is 12.3. The lowest BCUT2D eigenvalue weighted by molar-refractivity contribution is 0.662. The van der Waals surface area contributed by atoms with E-state index in [-0.39, 0.29) is 5.41 Å². The van der Waals surface area contributed by atoms with Crippen LogP contribution in [0.5, 0.6) is 0 Å². The Morgan fingerprint density at radius 3 is 1.68 bits per heavy atom. The summed E-state index contributed by atoms with van der Waals surface area (Å²) >= 11 is 0. The van der Waals surface area contributed by atoms with Crippen LogP contribution < -0.4 is 0 Å². The molecule has 0 N–H and O–H groups in total. The van der Waals surface area contributed by atoms with Crippen molar-refractivity contribution in [3.05, 3.63) is 217 Å². The van der Waals surface area contributed by atoms with E-state index in [1.165, 1.54) is 66.2 Å². The molecular formula is C57H40N2. The molecule has 278 valence electrons. The third kappa shape index (κ3) is 5.87. The highest BCUT2D eigenvalue weighted by molar-refractivity contribution is 6.05. The van der Waals surface area contributed by atoms with Gasteiger partial charge in [-0.15, -0.1) is 0 Å². The Morgan fingerprint density at radius 2 is 0.847 bits per heavy atom. The molecule has 2 heteroatoms. The molecule has 1 heterocycles. The van der Waals surface area contributed by atoms with Gasteiger partial charge in [0.1, 0.15) is 0 Å². The molecule has 1 aliphatic carbocycles. The Balaban J connectivity index is 1.01. The summed E-state index contributed by atoms with van der Waals surface area (Å²) < 4.78 is 0. The monoisotopic (exact) mass is 752 g/mol. The van der Waals surface area contributed by atoms with Gasteiger partial charge in [0, 0.05) is 22.1 Å². The highest BCUT2D eigenvalue weighted by Gasteiger charge is 2.37. The topological polar surface area (TPSA) is 25.8 Å².